The molecule has 1 atom stereocenters. The number of hydrogen-bond acceptors (Lipinski definition) is 4. The van der Waals surface area contributed by atoms with E-state index in [0.29, 0.717) is 5.69 Å². The van der Waals surface area contributed by atoms with Gasteiger partial charge in [-0.25, -0.2) is 4.39 Å². The zero-order chi connectivity index (χ0) is 15.7. The molecule has 1 N–H and O–H groups in total. The first-order chi connectivity index (χ1) is 10.6. The van der Waals surface area contributed by atoms with Crippen LogP contribution in [0.5, 0.6) is 5.75 Å². The molecule has 0 saturated heterocycles. The molecule has 5 nitrogen and oxygen atoms in total. The first-order valence-corrected chi connectivity index (χ1v) is 6.96. The van der Waals surface area contributed by atoms with Gasteiger partial charge < -0.3 is 10.1 Å². The Hall–Kier alpha value is -2.63. The van der Waals surface area contributed by atoms with Crippen molar-refractivity contribution in [2.24, 2.45) is 0 Å². The van der Waals surface area contributed by atoms with Crippen LogP contribution in [0.4, 0.5) is 15.8 Å². The molecule has 1 aliphatic carbocycles. The third-order valence-electron chi connectivity index (χ3n) is 3.93. The van der Waals surface area contributed by atoms with E-state index in [1.165, 1.54) is 12.1 Å². The molecule has 0 bridgehead atoms. The van der Waals surface area contributed by atoms with Gasteiger partial charge in [0.25, 0.3) is 5.69 Å². The summed E-state index contributed by atoms with van der Waals surface area (Å²) in [7, 11) is 1.63. The molecule has 0 spiro atoms. The summed E-state index contributed by atoms with van der Waals surface area (Å²) in [5, 5.41) is 14.2. The van der Waals surface area contributed by atoms with Crippen LogP contribution < -0.4 is 10.1 Å². The smallest absolute Gasteiger partial charge is 0.295 e. The summed E-state index contributed by atoms with van der Waals surface area (Å²) in [4.78, 5) is 10.5. The number of hydrogen-bond donors (Lipinski definition) is 1. The van der Waals surface area contributed by atoms with Crippen molar-refractivity contribution >= 4 is 11.4 Å². The van der Waals surface area contributed by atoms with E-state index in [1.807, 2.05) is 18.2 Å². The van der Waals surface area contributed by atoms with E-state index in [4.69, 9.17) is 4.74 Å². The predicted octanol–water partition coefficient (Wildman–Crippen LogP) is 3.84. The van der Waals surface area contributed by atoms with Gasteiger partial charge in [-0.1, -0.05) is 12.1 Å². The van der Waals surface area contributed by atoms with Gasteiger partial charge in [0.15, 0.2) is 0 Å². The number of nitro groups is 1. The SMILES string of the molecule is COc1cccc2c1CCC2Nc1ccc(F)cc1[N+](=O)[O-]. The number of ether oxygens (including phenoxy) is 1. The minimum absolute atomic E-state index is 0.0470. The topological polar surface area (TPSA) is 64.4 Å². The van der Waals surface area contributed by atoms with E-state index in [0.717, 1.165) is 35.8 Å². The fourth-order valence-corrected chi connectivity index (χ4v) is 2.93. The molecule has 2 aromatic carbocycles. The molecule has 0 aliphatic heterocycles. The number of fused-ring (bicyclic) bond motifs is 1. The van der Waals surface area contributed by atoms with Crippen LogP contribution >= 0.6 is 0 Å². The number of anilines is 1. The quantitative estimate of drug-likeness (QED) is 0.688. The van der Waals surface area contributed by atoms with Crippen molar-refractivity contribution in [2.75, 3.05) is 12.4 Å². The van der Waals surface area contributed by atoms with E-state index >= 15 is 0 Å². The second-order valence-corrected chi connectivity index (χ2v) is 5.18. The zero-order valence-corrected chi connectivity index (χ0v) is 12.0. The molecule has 0 amide bonds. The lowest BCUT2D eigenvalue weighted by molar-refractivity contribution is -0.384. The number of halogens is 1. The van der Waals surface area contributed by atoms with Gasteiger partial charge in [-0.2, -0.15) is 0 Å². The Morgan fingerprint density at radius 1 is 1.36 bits per heavy atom. The molecule has 1 aliphatic rings. The number of benzene rings is 2. The van der Waals surface area contributed by atoms with Gasteiger partial charge in [-0.05, 0) is 42.2 Å². The molecule has 0 saturated carbocycles. The molecule has 0 fully saturated rings. The lowest BCUT2D eigenvalue weighted by Crippen LogP contribution is -2.09. The van der Waals surface area contributed by atoms with Crippen LogP contribution in [0, 0.1) is 15.9 Å². The second kappa shape index (κ2) is 5.63. The fourth-order valence-electron chi connectivity index (χ4n) is 2.93. The minimum Gasteiger partial charge on any atom is -0.496 e. The molecule has 2 aromatic rings. The van der Waals surface area contributed by atoms with Gasteiger partial charge in [0, 0.05) is 0 Å². The summed E-state index contributed by atoms with van der Waals surface area (Å²) in [6, 6.07) is 9.30. The molecule has 114 valence electrons. The van der Waals surface area contributed by atoms with Crippen LogP contribution in [0.15, 0.2) is 36.4 Å². The van der Waals surface area contributed by atoms with E-state index in [-0.39, 0.29) is 11.7 Å². The minimum atomic E-state index is -0.620. The summed E-state index contributed by atoms with van der Waals surface area (Å²) in [5.74, 6) is 0.209. The third kappa shape index (κ3) is 2.47. The van der Waals surface area contributed by atoms with Gasteiger partial charge >= 0.3 is 0 Å². The van der Waals surface area contributed by atoms with Crippen molar-refractivity contribution < 1.29 is 14.1 Å². The molecule has 6 heteroatoms. The van der Waals surface area contributed by atoms with Gasteiger partial charge in [-0.15, -0.1) is 0 Å². The molecule has 22 heavy (non-hydrogen) atoms. The fraction of sp³-hybridized carbons (Fsp3) is 0.250. The van der Waals surface area contributed by atoms with Crippen molar-refractivity contribution in [3.05, 3.63) is 63.5 Å². The van der Waals surface area contributed by atoms with E-state index in [1.54, 1.807) is 7.11 Å². The van der Waals surface area contributed by atoms with Crippen LogP contribution in [-0.2, 0) is 6.42 Å². The van der Waals surface area contributed by atoms with Gasteiger partial charge in [0.1, 0.15) is 17.3 Å². The molecule has 0 aromatic heterocycles. The molecule has 0 radical (unpaired) electrons. The molecule has 1 unspecified atom stereocenters. The summed E-state index contributed by atoms with van der Waals surface area (Å²) in [5.41, 5.74) is 2.26. The van der Waals surface area contributed by atoms with Crippen LogP contribution in [0.25, 0.3) is 0 Å². The summed E-state index contributed by atoms with van der Waals surface area (Å²) >= 11 is 0. The average molecular weight is 302 g/mol. The van der Waals surface area contributed by atoms with Crippen LogP contribution in [-0.4, -0.2) is 12.0 Å². The average Bonchev–Trinajstić information content (AvgIpc) is 2.92. The highest BCUT2D eigenvalue weighted by atomic mass is 19.1. The number of nitro benzene ring substituents is 1. The van der Waals surface area contributed by atoms with E-state index in [2.05, 4.69) is 5.32 Å². The Kier molecular flexibility index (Phi) is 3.66. The second-order valence-electron chi connectivity index (χ2n) is 5.18. The summed E-state index contributed by atoms with van der Waals surface area (Å²) in [6.45, 7) is 0. The lowest BCUT2D eigenvalue weighted by Gasteiger charge is -2.16. The van der Waals surface area contributed by atoms with Crippen LogP contribution in [0.2, 0.25) is 0 Å². The highest BCUT2D eigenvalue weighted by Crippen LogP contribution is 2.40. The monoisotopic (exact) mass is 302 g/mol. The molecule has 3 rings (SSSR count). The van der Waals surface area contributed by atoms with Gasteiger partial charge in [0.05, 0.1) is 24.1 Å². The van der Waals surface area contributed by atoms with Crippen molar-refractivity contribution in [1.82, 2.24) is 0 Å². The molecule has 0 heterocycles. The maximum atomic E-state index is 13.2. The Bertz CT molecular complexity index is 733. The van der Waals surface area contributed by atoms with Gasteiger partial charge in [-0.3, -0.25) is 10.1 Å². The van der Waals surface area contributed by atoms with Crippen LogP contribution in [0.1, 0.15) is 23.6 Å². The maximum Gasteiger partial charge on any atom is 0.295 e. The van der Waals surface area contributed by atoms with Gasteiger partial charge in [0.2, 0.25) is 0 Å². The predicted molar refractivity (Wildman–Crippen MR) is 80.7 cm³/mol. The standard InChI is InChI=1S/C16H15FN2O3/c1-22-16-4-2-3-11-12(16)6-8-13(11)18-14-7-5-10(17)9-15(14)19(20)21/h2-5,7,9,13,18H,6,8H2,1H3. The summed E-state index contributed by atoms with van der Waals surface area (Å²) < 4.78 is 18.6. The van der Waals surface area contributed by atoms with Crippen molar-refractivity contribution in [3.63, 3.8) is 0 Å². The normalized spacial score (nSPS) is 16.2. The molecular weight excluding hydrogens is 287 g/mol. The Balaban J connectivity index is 1.93. The lowest BCUT2D eigenvalue weighted by atomic mass is 10.1. The van der Waals surface area contributed by atoms with E-state index in [9.17, 15) is 14.5 Å². The summed E-state index contributed by atoms with van der Waals surface area (Å²) in [6.07, 6.45) is 1.65. The highest BCUT2D eigenvalue weighted by Gasteiger charge is 2.27. The zero-order valence-electron chi connectivity index (χ0n) is 12.0. The highest BCUT2D eigenvalue weighted by molar-refractivity contribution is 5.63. The Morgan fingerprint density at radius 2 is 2.18 bits per heavy atom. The van der Waals surface area contributed by atoms with Crippen LogP contribution in [0.3, 0.4) is 0 Å². The third-order valence-corrected chi connectivity index (χ3v) is 3.93. The number of methoxy groups -OCH3 is 1. The Morgan fingerprint density at radius 3 is 2.91 bits per heavy atom. The first kappa shape index (κ1) is 14.3. The Labute approximate surface area is 126 Å². The molecular formula is C16H15FN2O3. The van der Waals surface area contributed by atoms with E-state index < -0.39 is 10.7 Å². The number of nitrogens with zero attached hydrogens (tertiary/aromatic N) is 1. The first-order valence-electron chi connectivity index (χ1n) is 6.96. The largest absolute Gasteiger partial charge is 0.496 e. The van der Waals surface area contributed by atoms with Crippen molar-refractivity contribution in [3.8, 4) is 5.75 Å². The number of nitrogens with one attached hydrogen (secondary N) is 1. The van der Waals surface area contributed by atoms with Crippen molar-refractivity contribution in [1.29, 1.82) is 0 Å². The maximum absolute atomic E-state index is 13.2. The number of rotatable bonds is 4. The van der Waals surface area contributed by atoms with Crippen molar-refractivity contribution in [2.45, 2.75) is 18.9 Å².